The van der Waals surface area contributed by atoms with E-state index in [4.69, 9.17) is 11.6 Å². The maximum Gasteiger partial charge on any atom is 0.233 e. The van der Waals surface area contributed by atoms with Gasteiger partial charge in [-0.2, -0.15) is 0 Å². The number of benzene rings is 1. The summed E-state index contributed by atoms with van der Waals surface area (Å²) in [5.74, 6) is -1.67. The van der Waals surface area contributed by atoms with Crippen LogP contribution in [0.4, 0.5) is 5.69 Å². The molecular weight excluding hydrogens is 332 g/mol. The second-order valence-electron chi connectivity index (χ2n) is 5.95. The van der Waals surface area contributed by atoms with Gasteiger partial charge in [0.1, 0.15) is 5.75 Å². The van der Waals surface area contributed by atoms with Crippen LogP contribution in [0.3, 0.4) is 0 Å². The standard InChI is InChI=1S/C17H17ClN2O4/c18-10-5-6-11-12(9-10)17(24)20(16(11)23)8-7-15(22)19-13-3-1-2-4-14(13)21/h1-5,11-12,21H,6-9H2,(H,19,22)/t11-,12+/m0/s1. The molecule has 2 atom stereocenters. The summed E-state index contributed by atoms with van der Waals surface area (Å²) in [5.41, 5.74) is 0.297. The van der Waals surface area contributed by atoms with E-state index in [0.717, 1.165) is 4.90 Å². The van der Waals surface area contributed by atoms with Crippen LogP contribution in [-0.4, -0.2) is 34.3 Å². The first-order chi connectivity index (χ1) is 11.5. The van der Waals surface area contributed by atoms with Crippen molar-refractivity contribution >= 4 is 35.0 Å². The third-order valence-electron chi connectivity index (χ3n) is 4.40. The molecule has 1 aromatic carbocycles. The highest BCUT2D eigenvalue weighted by Gasteiger charge is 2.48. The fourth-order valence-electron chi connectivity index (χ4n) is 3.12. The number of aromatic hydroxyl groups is 1. The topological polar surface area (TPSA) is 86.7 Å². The van der Waals surface area contributed by atoms with Gasteiger partial charge in [0.15, 0.2) is 0 Å². The largest absolute Gasteiger partial charge is 0.506 e. The van der Waals surface area contributed by atoms with Crippen molar-refractivity contribution in [1.29, 1.82) is 0 Å². The highest BCUT2D eigenvalue weighted by atomic mass is 35.5. The Morgan fingerprint density at radius 1 is 1.25 bits per heavy atom. The summed E-state index contributed by atoms with van der Waals surface area (Å²) in [4.78, 5) is 37.9. The Morgan fingerprint density at radius 3 is 2.71 bits per heavy atom. The fraction of sp³-hybridized carbons (Fsp3) is 0.353. The van der Waals surface area contributed by atoms with Crippen molar-refractivity contribution in [2.45, 2.75) is 19.3 Å². The first-order valence-electron chi connectivity index (χ1n) is 7.75. The van der Waals surface area contributed by atoms with E-state index < -0.39 is 5.92 Å². The first kappa shape index (κ1) is 16.5. The van der Waals surface area contributed by atoms with E-state index in [-0.39, 0.29) is 42.4 Å². The summed E-state index contributed by atoms with van der Waals surface area (Å²) < 4.78 is 0. The zero-order chi connectivity index (χ0) is 17.3. The molecule has 1 fully saturated rings. The highest BCUT2D eigenvalue weighted by molar-refractivity contribution is 6.30. The molecule has 2 aliphatic rings. The van der Waals surface area contributed by atoms with Crippen LogP contribution < -0.4 is 5.32 Å². The van der Waals surface area contributed by atoms with Gasteiger partial charge in [-0.1, -0.05) is 29.8 Å². The molecule has 7 heteroatoms. The predicted molar refractivity (Wildman–Crippen MR) is 88.2 cm³/mol. The molecule has 0 bridgehead atoms. The lowest BCUT2D eigenvalue weighted by molar-refractivity contribution is -0.140. The first-order valence-corrected chi connectivity index (χ1v) is 8.12. The normalized spacial score (nSPS) is 23.0. The molecule has 0 radical (unpaired) electrons. The van der Waals surface area contributed by atoms with Crippen molar-refractivity contribution in [1.82, 2.24) is 4.90 Å². The minimum atomic E-state index is -0.406. The summed E-state index contributed by atoms with van der Waals surface area (Å²) in [6.45, 7) is 0.0295. The van der Waals surface area contributed by atoms with Gasteiger partial charge in [0.25, 0.3) is 0 Å². The van der Waals surface area contributed by atoms with Crippen molar-refractivity contribution in [3.05, 3.63) is 35.4 Å². The molecule has 0 saturated carbocycles. The summed E-state index contributed by atoms with van der Waals surface area (Å²) in [5, 5.41) is 12.8. The lowest BCUT2D eigenvalue weighted by atomic mass is 9.85. The number of imide groups is 1. The van der Waals surface area contributed by atoms with Gasteiger partial charge in [-0.05, 0) is 25.0 Å². The number of halogens is 1. The van der Waals surface area contributed by atoms with E-state index >= 15 is 0 Å². The number of para-hydroxylation sites is 2. The lowest BCUT2D eigenvalue weighted by Gasteiger charge is -2.17. The van der Waals surface area contributed by atoms with E-state index in [1.54, 1.807) is 24.3 Å². The molecule has 3 amide bonds. The molecule has 1 aromatic rings. The number of likely N-dealkylation sites (tertiary alicyclic amines) is 1. The van der Waals surface area contributed by atoms with E-state index in [1.165, 1.54) is 6.07 Å². The predicted octanol–water partition coefficient (Wildman–Crippen LogP) is 2.24. The van der Waals surface area contributed by atoms with Gasteiger partial charge in [0, 0.05) is 18.0 Å². The van der Waals surface area contributed by atoms with Crippen LogP contribution >= 0.6 is 11.6 Å². The quantitative estimate of drug-likeness (QED) is 0.645. The minimum absolute atomic E-state index is 0.0214. The molecule has 3 rings (SSSR count). The number of anilines is 1. The Bertz CT molecular complexity index is 731. The summed E-state index contributed by atoms with van der Waals surface area (Å²) >= 11 is 5.97. The molecule has 1 heterocycles. The van der Waals surface area contributed by atoms with Gasteiger partial charge < -0.3 is 10.4 Å². The molecule has 1 aliphatic heterocycles. The zero-order valence-electron chi connectivity index (χ0n) is 12.9. The van der Waals surface area contributed by atoms with Gasteiger partial charge in [0.2, 0.25) is 17.7 Å². The molecular formula is C17H17ClN2O4. The monoisotopic (exact) mass is 348 g/mol. The maximum absolute atomic E-state index is 12.4. The van der Waals surface area contributed by atoms with Crippen LogP contribution in [0.15, 0.2) is 35.4 Å². The van der Waals surface area contributed by atoms with E-state index in [1.807, 2.05) is 0 Å². The highest BCUT2D eigenvalue weighted by Crippen LogP contribution is 2.38. The third kappa shape index (κ3) is 3.14. The molecule has 1 saturated heterocycles. The van der Waals surface area contributed by atoms with Gasteiger partial charge in [-0.3, -0.25) is 19.3 Å². The van der Waals surface area contributed by atoms with Crippen LogP contribution in [-0.2, 0) is 14.4 Å². The average Bonchev–Trinajstić information content (AvgIpc) is 2.78. The molecule has 24 heavy (non-hydrogen) atoms. The van der Waals surface area contributed by atoms with E-state index in [0.29, 0.717) is 23.6 Å². The van der Waals surface area contributed by atoms with Crippen LogP contribution in [0, 0.1) is 11.8 Å². The molecule has 0 spiro atoms. The second kappa shape index (κ2) is 6.65. The van der Waals surface area contributed by atoms with Crippen LogP contribution in [0.25, 0.3) is 0 Å². The van der Waals surface area contributed by atoms with Crippen molar-refractivity contribution < 1.29 is 19.5 Å². The molecule has 0 unspecified atom stereocenters. The summed E-state index contributed by atoms with van der Waals surface area (Å²) in [6, 6.07) is 6.37. The number of phenols is 1. The zero-order valence-corrected chi connectivity index (χ0v) is 13.6. The molecule has 6 nitrogen and oxygen atoms in total. The second-order valence-corrected chi connectivity index (χ2v) is 6.43. The van der Waals surface area contributed by atoms with Crippen LogP contribution in [0.1, 0.15) is 19.3 Å². The molecule has 0 aromatic heterocycles. The smallest absolute Gasteiger partial charge is 0.233 e. The fourth-order valence-corrected chi connectivity index (χ4v) is 3.38. The van der Waals surface area contributed by atoms with Crippen molar-refractivity contribution in [2.24, 2.45) is 11.8 Å². The lowest BCUT2D eigenvalue weighted by Crippen LogP contribution is -2.34. The van der Waals surface area contributed by atoms with Crippen molar-refractivity contribution in [3.8, 4) is 5.75 Å². The number of amides is 3. The summed E-state index contributed by atoms with van der Waals surface area (Å²) in [6.07, 6.45) is 2.61. The molecule has 1 aliphatic carbocycles. The van der Waals surface area contributed by atoms with Crippen LogP contribution in [0.5, 0.6) is 5.75 Å². The van der Waals surface area contributed by atoms with Crippen LogP contribution in [0.2, 0.25) is 0 Å². The van der Waals surface area contributed by atoms with Crippen molar-refractivity contribution in [2.75, 3.05) is 11.9 Å². The number of phenolic OH excluding ortho intramolecular Hbond substituents is 1. The Morgan fingerprint density at radius 2 is 1.96 bits per heavy atom. The number of hydrogen-bond donors (Lipinski definition) is 2. The number of rotatable bonds is 4. The van der Waals surface area contributed by atoms with Crippen molar-refractivity contribution in [3.63, 3.8) is 0 Å². The summed E-state index contributed by atoms with van der Waals surface area (Å²) in [7, 11) is 0. The van der Waals surface area contributed by atoms with E-state index in [9.17, 15) is 19.5 Å². The van der Waals surface area contributed by atoms with Gasteiger partial charge in [0.05, 0.1) is 17.5 Å². The van der Waals surface area contributed by atoms with E-state index in [2.05, 4.69) is 5.32 Å². The average molecular weight is 349 g/mol. The third-order valence-corrected chi connectivity index (χ3v) is 4.71. The SMILES string of the molecule is O=C(CCN1C(=O)[C@H]2CC=C(Cl)C[C@H]2C1=O)Nc1ccccc1O. The minimum Gasteiger partial charge on any atom is -0.506 e. The van der Waals surface area contributed by atoms with Gasteiger partial charge >= 0.3 is 0 Å². The maximum atomic E-state index is 12.4. The molecule has 2 N–H and O–H groups in total. The number of carbonyl (C=O) groups is 3. The molecule has 126 valence electrons. The number of nitrogens with one attached hydrogen (secondary N) is 1. The Kier molecular flexibility index (Phi) is 4.57. The number of hydrogen-bond acceptors (Lipinski definition) is 4. The van der Waals surface area contributed by atoms with Gasteiger partial charge in [-0.15, -0.1) is 0 Å². The Balaban J connectivity index is 1.59. The number of fused-ring (bicyclic) bond motifs is 1. The number of nitrogens with zero attached hydrogens (tertiary/aromatic N) is 1. The Hall–Kier alpha value is -2.34. The number of carbonyl (C=O) groups excluding carboxylic acids is 3. The number of allylic oxidation sites excluding steroid dienone is 2. The Labute approximate surface area is 144 Å². The van der Waals surface area contributed by atoms with Gasteiger partial charge in [-0.25, -0.2) is 0 Å².